The van der Waals surface area contributed by atoms with Crippen molar-refractivity contribution in [3.05, 3.63) is 99.6 Å². The molecule has 2 atom stereocenters. The maximum atomic E-state index is 13.7. The number of amides is 2. The van der Waals surface area contributed by atoms with Crippen LogP contribution in [0.5, 0.6) is 0 Å². The molecule has 0 spiro atoms. The number of alkyl halides is 4. The Bertz CT molecular complexity index is 1320. The van der Waals surface area contributed by atoms with E-state index in [1.54, 1.807) is 0 Å². The second-order valence-electron chi connectivity index (χ2n) is 8.54. The molecule has 7 rings (SSSR count). The zero-order chi connectivity index (χ0) is 23.3. The minimum Gasteiger partial charge on any atom is -0.274 e. The first-order valence-electron chi connectivity index (χ1n) is 10.3. The molecular weight excluding hydrogens is 474 g/mol. The lowest BCUT2D eigenvalue weighted by Crippen LogP contribution is -2.50. The molecule has 3 aromatic rings. The van der Waals surface area contributed by atoms with Gasteiger partial charge in [-0.3, -0.25) is 9.59 Å². The molecule has 3 aromatic carbocycles. The standard InChI is InChI=1S/C25H14Cl2F3NO2/c26-18-10-9-12(11-17(18)25(28,29)30)31-22(32)20-19-13-5-1-3-7-15(13)24(27,21(20)23(31)33)16-8-4-2-6-14(16)19/h1-11,19-21H/t19?,20-,21+,24?/m1/s1. The average Bonchev–Trinajstić information content (AvgIpc) is 3.05. The van der Waals surface area contributed by atoms with Gasteiger partial charge in [-0.15, -0.1) is 11.6 Å². The number of benzene rings is 3. The molecule has 8 heteroatoms. The van der Waals surface area contributed by atoms with E-state index in [-0.39, 0.29) is 5.69 Å². The first kappa shape index (κ1) is 20.8. The Kier molecular flexibility index (Phi) is 4.16. The third-order valence-corrected chi connectivity index (χ3v) is 8.00. The smallest absolute Gasteiger partial charge is 0.274 e. The number of rotatable bonds is 1. The largest absolute Gasteiger partial charge is 0.417 e. The molecule has 2 amide bonds. The first-order valence-corrected chi connectivity index (χ1v) is 11.0. The Balaban J connectivity index is 1.56. The van der Waals surface area contributed by atoms with Crippen molar-refractivity contribution < 1.29 is 22.8 Å². The van der Waals surface area contributed by atoms with Crippen molar-refractivity contribution >= 4 is 40.7 Å². The fraction of sp³-hybridized carbons (Fsp3) is 0.200. The van der Waals surface area contributed by atoms with Crippen molar-refractivity contribution in [1.82, 2.24) is 0 Å². The fourth-order valence-electron chi connectivity index (χ4n) is 5.80. The van der Waals surface area contributed by atoms with E-state index >= 15 is 0 Å². The first-order chi connectivity index (χ1) is 15.7. The van der Waals surface area contributed by atoms with Crippen molar-refractivity contribution in [3.63, 3.8) is 0 Å². The summed E-state index contributed by atoms with van der Waals surface area (Å²) in [7, 11) is 0. The highest BCUT2D eigenvalue weighted by Crippen LogP contribution is 2.65. The highest BCUT2D eigenvalue weighted by molar-refractivity contribution is 6.34. The van der Waals surface area contributed by atoms with E-state index in [1.807, 2.05) is 48.5 Å². The average molecular weight is 488 g/mol. The summed E-state index contributed by atoms with van der Waals surface area (Å²) in [5.41, 5.74) is 1.97. The SMILES string of the molecule is O=C1[C@@H]2C3c4ccccc4C(Cl)(c4ccccc43)[C@@H]2C(=O)N1c1ccc(Cl)c(C(F)(F)F)c1. The van der Waals surface area contributed by atoms with Gasteiger partial charge >= 0.3 is 6.18 Å². The van der Waals surface area contributed by atoms with Crippen LogP contribution in [0, 0.1) is 11.8 Å². The van der Waals surface area contributed by atoms with E-state index in [2.05, 4.69) is 0 Å². The molecule has 4 aliphatic rings. The van der Waals surface area contributed by atoms with Crippen molar-refractivity contribution in [3.8, 4) is 0 Å². The molecular formula is C25H14Cl2F3NO2. The van der Waals surface area contributed by atoms with E-state index in [0.29, 0.717) is 0 Å². The summed E-state index contributed by atoms with van der Waals surface area (Å²) in [6, 6.07) is 17.9. The van der Waals surface area contributed by atoms with Crippen LogP contribution in [-0.2, 0) is 20.6 Å². The predicted octanol–water partition coefficient (Wildman–Crippen LogP) is 6.11. The summed E-state index contributed by atoms with van der Waals surface area (Å²) in [6.45, 7) is 0. The lowest BCUT2D eigenvalue weighted by Gasteiger charge is -2.50. The van der Waals surface area contributed by atoms with Crippen LogP contribution < -0.4 is 4.90 Å². The fourth-order valence-corrected chi connectivity index (χ4v) is 6.60. The van der Waals surface area contributed by atoms with E-state index in [9.17, 15) is 22.8 Å². The number of imide groups is 1. The summed E-state index contributed by atoms with van der Waals surface area (Å²) in [4.78, 5) is 26.9. The highest BCUT2D eigenvalue weighted by Gasteiger charge is 2.68. The molecule has 0 radical (unpaired) electrons. The van der Waals surface area contributed by atoms with Crippen molar-refractivity contribution in [1.29, 1.82) is 0 Å². The molecule has 166 valence electrons. The molecule has 0 unspecified atom stereocenters. The number of anilines is 1. The summed E-state index contributed by atoms with van der Waals surface area (Å²) < 4.78 is 40.4. The number of carbonyl (C=O) groups is 2. The van der Waals surface area contributed by atoms with Gasteiger partial charge in [0.25, 0.3) is 0 Å². The Hall–Kier alpha value is -2.83. The van der Waals surface area contributed by atoms with E-state index < -0.39 is 51.2 Å². The van der Waals surface area contributed by atoms with Gasteiger partial charge in [0.1, 0.15) is 4.87 Å². The Morgan fingerprint density at radius 3 is 2.00 bits per heavy atom. The number of hydrogen-bond acceptors (Lipinski definition) is 2. The molecule has 3 aliphatic carbocycles. The number of nitrogens with zero attached hydrogens (tertiary/aromatic N) is 1. The van der Waals surface area contributed by atoms with Gasteiger partial charge in [-0.05, 0) is 40.5 Å². The van der Waals surface area contributed by atoms with Crippen LogP contribution in [0.15, 0.2) is 66.7 Å². The summed E-state index contributed by atoms with van der Waals surface area (Å²) in [5, 5.41) is -0.503. The second-order valence-corrected chi connectivity index (χ2v) is 9.54. The van der Waals surface area contributed by atoms with Crippen molar-refractivity contribution in [2.45, 2.75) is 17.0 Å². The van der Waals surface area contributed by atoms with Crippen LogP contribution in [0.1, 0.15) is 33.7 Å². The normalized spacial score (nSPS) is 27.4. The van der Waals surface area contributed by atoms with E-state index in [1.165, 1.54) is 6.07 Å². The van der Waals surface area contributed by atoms with Crippen LogP contribution >= 0.6 is 23.2 Å². The lowest BCUT2D eigenvalue weighted by atomic mass is 9.54. The van der Waals surface area contributed by atoms with Crippen molar-refractivity contribution in [2.75, 3.05) is 4.90 Å². The monoisotopic (exact) mass is 487 g/mol. The second kappa shape index (κ2) is 6.61. The van der Waals surface area contributed by atoms with Gasteiger partial charge in [-0.2, -0.15) is 13.2 Å². The van der Waals surface area contributed by atoms with Crippen LogP contribution in [0.4, 0.5) is 18.9 Å². The van der Waals surface area contributed by atoms with Crippen LogP contribution in [0.25, 0.3) is 0 Å². The molecule has 1 saturated heterocycles. The Morgan fingerprint density at radius 1 is 0.848 bits per heavy atom. The molecule has 0 N–H and O–H groups in total. The van der Waals surface area contributed by atoms with Gasteiger partial charge in [0.05, 0.1) is 28.1 Å². The number of hydrogen-bond donors (Lipinski definition) is 0. The third kappa shape index (κ3) is 2.53. The lowest BCUT2D eigenvalue weighted by molar-refractivity contribution is -0.137. The van der Waals surface area contributed by atoms with Gasteiger partial charge in [0.2, 0.25) is 11.8 Å². The zero-order valence-electron chi connectivity index (χ0n) is 16.7. The molecule has 2 bridgehead atoms. The predicted molar refractivity (Wildman–Crippen MR) is 117 cm³/mol. The van der Waals surface area contributed by atoms with E-state index in [0.717, 1.165) is 39.3 Å². The Morgan fingerprint density at radius 2 is 1.42 bits per heavy atom. The Labute approximate surface area is 196 Å². The highest BCUT2D eigenvalue weighted by atomic mass is 35.5. The molecule has 3 nitrogen and oxygen atoms in total. The quantitative estimate of drug-likeness (QED) is 0.307. The molecule has 0 aromatic heterocycles. The molecule has 1 aliphatic heterocycles. The summed E-state index contributed by atoms with van der Waals surface area (Å²) >= 11 is 13.1. The van der Waals surface area contributed by atoms with Gasteiger partial charge < -0.3 is 0 Å². The molecule has 33 heavy (non-hydrogen) atoms. The maximum Gasteiger partial charge on any atom is 0.417 e. The molecule has 1 fully saturated rings. The van der Waals surface area contributed by atoms with E-state index in [4.69, 9.17) is 23.2 Å². The summed E-state index contributed by atoms with van der Waals surface area (Å²) in [5.74, 6) is -3.33. The minimum absolute atomic E-state index is 0.163. The third-order valence-electron chi connectivity index (χ3n) is 7.03. The topological polar surface area (TPSA) is 37.4 Å². The van der Waals surface area contributed by atoms with Crippen molar-refractivity contribution in [2.24, 2.45) is 11.8 Å². The molecule has 1 heterocycles. The van der Waals surface area contributed by atoms with Crippen LogP contribution in [0.3, 0.4) is 0 Å². The minimum atomic E-state index is -4.73. The van der Waals surface area contributed by atoms with Gasteiger partial charge in [0, 0.05) is 5.92 Å². The molecule has 0 saturated carbocycles. The van der Waals surface area contributed by atoms with Gasteiger partial charge in [-0.25, -0.2) is 4.90 Å². The number of halogens is 5. The van der Waals surface area contributed by atoms with Crippen LogP contribution in [-0.4, -0.2) is 11.8 Å². The zero-order valence-corrected chi connectivity index (χ0v) is 18.2. The van der Waals surface area contributed by atoms with Crippen LogP contribution in [0.2, 0.25) is 5.02 Å². The van der Waals surface area contributed by atoms with Gasteiger partial charge in [0.15, 0.2) is 0 Å². The summed E-state index contributed by atoms with van der Waals surface area (Å²) in [6.07, 6.45) is -4.73. The maximum absolute atomic E-state index is 13.7. The van der Waals surface area contributed by atoms with Gasteiger partial charge in [-0.1, -0.05) is 60.1 Å². The number of carbonyl (C=O) groups excluding carboxylic acids is 2.